The lowest BCUT2D eigenvalue weighted by Gasteiger charge is -2.41. The molecule has 4 aromatic rings. The number of hydrogen-bond acceptors (Lipinski definition) is 7. The van der Waals surface area contributed by atoms with Crippen molar-refractivity contribution in [3.8, 4) is 17.2 Å². The molecule has 1 aromatic heterocycles. The number of morpholine rings is 1. The number of fused-ring (bicyclic) bond motifs is 1. The molecule has 3 aromatic carbocycles. The molecular formula is C36H37F2N5O3. The van der Waals surface area contributed by atoms with Gasteiger partial charge in [-0.1, -0.05) is 12.1 Å². The Morgan fingerprint density at radius 1 is 0.978 bits per heavy atom. The van der Waals surface area contributed by atoms with Crippen LogP contribution in [0.1, 0.15) is 45.5 Å². The van der Waals surface area contributed by atoms with Crippen molar-refractivity contribution in [3.05, 3.63) is 99.8 Å². The monoisotopic (exact) mass is 625 g/mol. The zero-order valence-electron chi connectivity index (χ0n) is 26.1. The molecule has 10 heteroatoms. The minimum absolute atomic E-state index is 0.0120. The zero-order chi connectivity index (χ0) is 31.9. The quantitative estimate of drug-likeness (QED) is 0.243. The highest BCUT2D eigenvalue weighted by Crippen LogP contribution is 2.36. The Morgan fingerprint density at radius 3 is 2.48 bits per heavy atom. The predicted molar refractivity (Wildman–Crippen MR) is 174 cm³/mol. The normalized spacial score (nSPS) is 17.2. The van der Waals surface area contributed by atoms with Gasteiger partial charge in [-0.3, -0.25) is 9.69 Å². The van der Waals surface area contributed by atoms with Gasteiger partial charge in [-0.2, -0.15) is 5.10 Å². The molecule has 0 amide bonds. The van der Waals surface area contributed by atoms with Crippen LogP contribution in [-0.4, -0.2) is 65.9 Å². The molecule has 3 aliphatic rings. The third-order valence-electron chi connectivity index (χ3n) is 9.38. The molecule has 1 aliphatic carbocycles. The highest BCUT2D eigenvalue weighted by Gasteiger charge is 2.29. The number of Topliss-reactive ketones (excluding diaryl/α,β-unsaturated/α-hetero) is 1. The summed E-state index contributed by atoms with van der Waals surface area (Å²) in [6.45, 7) is 9.48. The second-order valence-electron chi connectivity index (χ2n) is 12.3. The van der Waals surface area contributed by atoms with Gasteiger partial charge >= 0.3 is 0 Å². The van der Waals surface area contributed by atoms with E-state index < -0.39 is 11.6 Å². The maximum Gasteiger partial charge on any atom is 0.194 e. The third kappa shape index (κ3) is 5.67. The number of halogens is 2. The largest absolute Gasteiger partial charge is 0.454 e. The molecule has 2 N–H and O–H groups in total. The van der Waals surface area contributed by atoms with Crippen molar-refractivity contribution in [1.82, 2.24) is 14.7 Å². The lowest BCUT2D eigenvalue weighted by Crippen LogP contribution is -2.49. The number of nitrogen functional groups attached to an aromatic ring is 1. The fourth-order valence-electron chi connectivity index (χ4n) is 6.97. The van der Waals surface area contributed by atoms with Gasteiger partial charge in [0.15, 0.2) is 23.2 Å². The summed E-state index contributed by atoms with van der Waals surface area (Å²) in [5.41, 5.74) is 12.4. The van der Waals surface area contributed by atoms with Crippen LogP contribution in [0, 0.1) is 25.5 Å². The Kier molecular flexibility index (Phi) is 8.08. The molecule has 7 rings (SSSR count). The van der Waals surface area contributed by atoms with Crippen LogP contribution in [0.3, 0.4) is 0 Å². The van der Waals surface area contributed by atoms with Gasteiger partial charge in [-0.15, -0.1) is 0 Å². The standard InChI is InChI=1S/C36H37F2N5O3/c1-22-15-24-17-26(18-25(24)19-32(22)42-9-7-27(8-10-42)41-11-13-45-14-12-41)35(44)29-21-40-43(36(29)39)34-23(2)16-28(20-31(34)38)46-33-6-4-3-5-30(33)37/h3-6,15-17,19-21,27H,7-14,18,39H2,1-2H3. The third-order valence-corrected chi connectivity index (χ3v) is 9.38. The summed E-state index contributed by atoms with van der Waals surface area (Å²) in [7, 11) is 0. The number of para-hydroxylation sites is 1. The number of anilines is 2. The molecule has 46 heavy (non-hydrogen) atoms. The Labute approximate surface area is 267 Å². The Hall–Kier alpha value is -4.54. The fraction of sp³-hybridized carbons (Fsp3) is 0.333. The number of ketones is 1. The second-order valence-corrected chi connectivity index (χ2v) is 12.3. The van der Waals surface area contributed by atoms with E-state index >= 15 is 4.39 Å². The van der Waals surface area contributed by atoms with E-state index in [9.17, 15) is 9.18 Å². The summed E-state index contributed by atoms with van der Waals surface area (Å²) in [6, 6.07) is 13.6. The molecule has 3 heterocycles. The number of aromatic nitrogens is 2. The molecule has 0 radical (unpaired) electrons. The van der Waals surface area contributed by atoms with Crippen molar-refractivity contribution < 1.29 is 23.0 Å². The number of rotatable bonds is 7. The number of nitrogens with zero attached hydrogens (tertiary/aromatic N) is 4. The summed E-state index contributed by atoms with van der Waals surface area (Å²) in [5, 5.41) is 4.29. The summed E-state index contributed by atoms with van der Waals surface area (Å²) < 4.78 is 41.8. The maximum absolute atomic E-state index is 15.4. The SMILES string of the molecule is Cc1cc2c(cc1N1CCC(N3CCOCC3)CC1)CC(C(=O)c1cnn(-c3c(C)cc(Oc4ccccc4F)cc3F)c1N)=C2. The van der Waals surface area contributed by atoms with Crippen molar-refractivity contribution in [1.29, 1.82) is 0 Å². The number of allylic oxidation sites excluding steroid dienone is 1. The molecular weight excluding hydrogens is 588 g/mol. The Bertz CT molecular complexity index is 1810. The van der Waals surface area contributed by atoms with Crippen molar-refractivity contribution in [3.63, 3.8) is 0 Å². The van der Waals surface area contributed by atoms with Crippen LogP contribution in [0.4, 0.5) is 20.3 Å². The van der Waals surface area contributed by atoms with E-state index in [1.54, 1.807) is 25.1 Å². The van der Waals surface area contributed by atoms with Crippen molar-refractivity contribution >= 4 is 23.4 Å². The molecule has 0 saturated carbocycles. The number of benzene rings is 3. The Balaban J connectivity index is 1.06. The van der Waals surface area contributed by atoms with Crippen LogP contribution in [0.25, 0.3) is 11.8 Å². The molecule has 2 fully saturated rings. The molecule has 0 atom stereocenters. The van der Waals surface area contributed by atoms with E-state index in [0.29, 0.717) is 23.6 Å². The molecule has 2 saturated heterocycles. The van der Waals surface area contributed by atoms with Crippen LogP contribution in [0.2, 0.25) is 0 Å². The van der Waals surface area contributed by atoms with Gasteiger partial charge in [0.05, 0.1) is 25.0 Å². The van der Waals surface area contributed by atoms with E-state index in [1.807, 2.05) is 6.08 Å². The van der Waals surface area contributed by atoms with Gasteiger partial charge < -0.3 is 20.1 Å². The minimum atomic E-state index is -0.662. The lowest BCUT2D eigenvalue weighted by atomic mass is 9.98. The molecule has 0 bridgehead atoms. The summed E-state index contributed by atoms with van der Waals surface area (Å²) in [5.74, 6) is -1.28. The van der Waals surface area contributed by atoms with Crippen LogP contribution in [-0.2, 0) is 11.2 Å². The zero-order valence-corrected chi connectivity index (χ0v) is 26.1. The maximum atomic E-state index is 15.4. The summed E-state index contributed by atoms with van der Waals surface area (Å²) >= 11 is 0. The number of nitrogens with two attached hydrogens (primary N) is 1. The van der Waals surface area contributed by atoms with Gasteiger partial charge in [0.2, 0.25) is 0 Å². The number of ether oxygens (including phenoxy) is 2. The van der Waals surface area contributed by atoms with Gasteiger partial charge in [-0.05, 0) is 85.4 Å². The molecule has 0 unspecified atom stereocenters. The number of piperidine rings is 1. The van der Waals surface area contributed by atoms with Crippen LogP contribution < -0.4 is 15.4 Å². The smallest absolute Gasteiger partial charge is 0.194 e. The highest BCUT2D eigenvalue weighted by molar-refractivity contribution is 6.15. The molecule has 8 nitrogen and oxygen atoms in total. The number of aryl methyl sites for hydroxylation is 2. The topological polar surface area (TPSA) is 85.8 Å². The highest BCUT2D eigenvalue weighted by atomic mass is 19.1. The minimum Gasteiger partial charge on any atom is -0.454 e. The van der Waals surface area contributed by atoms with Crippen LogP contribution in [0.15, 0.2) is 60.3 Å². The number of carbonyl (C=O) groups is 1. The summed E-state index contributed by atoms with van der Waals surface area (Å²) in [6.07, 6.45) is 6.06. The molecule has 2 aliphatic heterocycles. The van der Waals surface area contributed by atoms with E-state index in [4.69, 9.17) is 15.2 Å². The molecule has 0 spiro atoms. The first-order valence-corrected chi connectivity index (χ1v) is 15.8. The molecule has 238 valence electrons. The van der Waals surface area contributed by atoms with Gasteiger partial charge in [0.1, 0.15) is 17.3 Å². The van der Waals surface area contributed by atoms with E-state index in [1.165, 1.54) is 34.3 Å². The summed E-state index contributed by atoms with van der Waals surface area (Å²) in [4.78, 5) is 18.8. The van der Waals surface area contributed by atoms with Crippen LogP contribution >= 0.6 is 0 Å². The van der Waals surface area contributed by atoms with E-state index in [-0.39, 0.29) is 34.4 Å². The van der Waals surface area contributed by atoms with Crippen LogP contribution in [0.5, 0.6) is 11.5 Å². The second kappa shape index (κ2) is 12.3. The number of hydrogen-bond donors (Lipinski definition) is 1. The fourth-order valence-corrected chi connectivity index (χ4v) is 6.97. The van der Waals surface area contributed by atoms with E-state index in [2.05, 4.69) is 34.0 Å². The van der Waals surface area contributed by atoms with E-state index in [0.717, 1.165) is 69.4 Å². The number of carbonyl (C=O) groups excluding carboxylic acids is 1. The first kappa shape index (κ1) is 30.1. The predicted octanol–water partition coefficient (Wildman–Crippen LogP) is 6.27. The first-order chi connectivity index (χ1) is 22.3. The average molecular weight is 626 g/mol. The first-order valence-electron chi connectivity index (χ1n) is 15.8. The lowest BCUT2D eigenvalue weighted by molar-refractivity contribution is 0.0115. The Morgan fingerprint density at radius 2 is 1.74 bits per heavy atom. The van der Waals surface area contributed by atoms with Crippen molar-refractivity contribution in [2.75, 3.05) is 50.0 Å². The average Bonchev–Trinajstić information content (AvgIpc) is 3.64. The van der Waals surface area contributed by atoms with Crippen molar-refractivity contribution in [2.24, 2.45) is 0 Å². The van der Waals surface area contributed by atoms with Crippen molar-refractivity contribution in [2.45, 2.75) is 39.2 Å². The van der Waals surface area contributed by atoms with Gasteiger partial charge in [0, 0.05) is 56.0 Å². The van der Waals surface area contributed by atoms with Gasteiger partial charge in [-0.25, -0.2) is 13.5 Å². The van der Waals surface area contributed by atoms with Gasteiger partial charge in [0.25, 0.3) is 0 Å².